The minimum atomic E-state index is 0.0414. The molecule has 0 aliphatic carbocycles. The van der Waals surface area contributed by atoms with E-state index in [1.54, 1.807) is 0 Å². The van der Waals surface area contributed by atoms with Crippen LogP contribution in [-0.4, -0.2) is 43.1 Å². The van der Waals surface area contributed by atoms with Crippen LogP contribution in [0, 0.1) is 0 Å². The van der Waals surface area contributed by atoms with E-state index in [1.165, 1.54) is 6.42 Å². The zero-order chi connectivity index (χ0) is 12.3. The Morgan fingerprint density at radius 2 is 2.12 bits per heavy atom. The SMILES string of the molecule is CC(N)c1cccnc1N1CCCN(C)CC1. The van der Waals surface area contributed by atoms with E-state index in [1.807, 2.05) is 19.2 Å². The van der Waals surface area contributed by atoms with Crippen molar-refractivity contribution in [2.24, 2.45) is 5.73 Å². The molecule has 0 bridgehead atoms. The van der Waals surface area contributed by atoms with Crippen LogP contribution in [0.1, 0.15) is 24.9 Å². The molecule has 0 radical (unpaired) electrons. The smallest absolute Gasteiger partial charge is 0.133 e. The second kappa shape index (κ2) is 5.47. The Morgan fingerprint density at radius 3 is 2.88 bits per heavy atom. The third-order valence-corrected chi connectivity index (χ3v) is 3.33. The molecular weight excluding hydrogens is 212 g/mol. The summed E-state index contributed by atoms with van der Waals surface area (Å²) < 4.78 is 0. The van der Waals surface area contributed by atoms with E-state index in [2.05, 4.69) is 27.9 Å². The van der Waals surface area contributed by atoms with E-state index >= 15 is 0 Å². The van der Waals surface area contributed by atoms with Crippen LogP contribution in [0.3, 0.4) is 0 Å². The molecule has 0 aromatic carbocycles. The van der Waals surface area contributed by atoms with Gasteiger partial charge in [-0.25, -0.2) is 4.98 Å². The van der Waals surface area contributed by atoms with Crippen LogP contribution >= 0.6 is 0 Å². The normalized spacial score (nSPS) is 20.1. The van der Waals surface area contributed by atoms with Gasteiger partial charge in [0.25, 0.3) is 0 Å². The predicted octanol–water partition coefficient (Wildman–Crippen LogP) is 1.24. The van der Waals surface area contributed by atoms with Crippen molar-refractivity contribution >= 4 is 5.82 Å². The lowest BCUT2D eigenvalue weighted by Crippen LogP contribution is -2.30. The Bertz CT molecular complexity index is 364. The van der Waals surface area contributed by atoms with Crippen LogP contribution in [0.15, 0.2) is 18.3 Å². The topological polar surface area (TPSA) is 45.4 Å². The maximum Gasteiger partial charge on any atom is 0.133 e. The molecule has 2 heterocycles. The van der Waals surface area contributed by atoms with E-state index in [-0.39, 0.29) is 6.04 Å². The van der Waals surface area contributed by atoms with Gasteiger partial charge in [-0.3, -0.25) is 0 Å². The molecule has 17 heavy (non-hydrogen) atoms. The fourth-order valence-electron chi connectivity index (χ4n) is 2.29. The van der Waals surface area contributed by atoms with E-state index in [0.717, 1.165) is 37.6 Å². The van der Waals surface area contributed by atoms with Crippen LogP contribution in [0.2, 0.25) is 0 Å². The van der Waals surface area contributed by atoms with Gasteiger partial charge in [-0.2, -0.15) is 0 Å². The molecule has 1 aliphatic rings. The Labute approximate surface area is 103 Å². The van der Waals surface area contributed by atoms with Crippen molar-refractivity contribution in [3.05, 3.63) is 23.9 Å². The summed E-state index contributed by atoms with van der Waals surface area (Å²) >= 11 is 0. The first kappa shape index (κ1) is 12.3. The van der Waals surface area contributed by atoms with Gasteiger partial charge >= 0.3 is 0 Å². The number of hydrogen-bond acceptors (Lipinski definition) is 4. The monoisotopic (exact) mass is 234 g/mol. The molecule has 1 unspecified atom stereocenters. The number of aromatic nitrogens is 1. The van der Waals surface area contributed by atoms with Gasteiger partial charge in [0.1, 0.15) is 5.82 Å². The molecule has 1 fully saturated rings. The van der Waals surface area contributed by atoms with Crippen molar-refractivity contribution < 1.29 is 0 Å². The zero-order valence-corrected chi connectivity index (χ0v) is 10.8. The quantitative estimate of drug-likeness (QED) is 0.836. The second-order valence-electron chi connectivity index (χ2n) is 4.85. The molecule has 0 saturated carbocycles. The molecule has 0 amide bonds. The second-order valence-corrected chi connectivity index (χ2v) is 4.85. The minimum absolute atomic E-state index is 0.0414. The summed E-state index contributed by atoms with van der Waals surface area (Å²) in [6.45, 7) is 6.38. The van der Waals surface area contributed by atoms with Gasteiger partial charge in [-0.1, -0.05) is 6.07 Å². The molecule has 1 aromatic rings. The van der Waals surface area contributed by atoms with E-state index in [4.69, 9.17) is 5.73 Å². The number of hydrogen-bond donors (Lipinski definition) is 1. The largest absolute Gasteiger partial charge is 0.355 e. The van der Waals surface area contributed by atoms with Crippen molar-refractivity contribution in [3.63, 3.8) is 0 Å². The maximum atomic E-state index is 6.01. The van der Waals surface area contributed by atoms with Crippen LogP contribution in [-0.2, 0) is 0 Å². The van der Waals surface area contributed by atoms with Gasteiger partial charge in [0, 0.05) is 37.4 Å². The van der Waals surface area contributed by atoms with Gasteiger partial charge in [0.2, 0.25) is 0 Å². The van der Waals surface area contributed by atoms with E-state index < -0.39 is 0 Å². The fraction of sp³-hybridized carbons (Fsp3) is 0.615. The van der Waals surface area contributed by atoms with Crippen molar-refractivity contribution in [2.75, 3.05) is 38.1 Å². The Morgan fingerprint density at radius 1 is 1.29 bits per heavy atom. The Kier molecular flexibility index (Phi) is 3.97. The average Bonchev–Trinajstić information content (AvgIpc) is 2.54. The molecule has 2 N–H and O–H groups in total. The molecular formula is C13H22N4. The average molecular weight is 234 g/mol. The summed E-state index contributed by atoms with van der Waals surface area (Å²) in [6, 6.07) is 4.09. The Balaban J connectivity index is 2.21. The van der Waals surface area contributed by atoms with Crippen LogP contribution in [0.4, 0.5) is 5.82 Å². The molecule has 1 saturated heterocycles. The number of nitrogens with two attached hydrogens (primary N) is 1. The lowest BCUT2D eigenvalue weighted by molar-refractivity contribution is 0.360. The molecule has 4 nitrogen and oxygen atoms in total. The first-order chi connectivity index (χ1) is 8.18. The van der Waals surface area contributed by atoms with Gasteiger partial charge in [0.15, 0.2) is 0 Å². The van der Waals surface area contributed by atoms with Crippen molar-refractivity contribution in [3.8, 4) is 0 Å². The summed E-state index contributed by atoms with van der Waals surface area (Å²) in [4.78, 5) is 9.25. The highest BCUT2D eigenvalue weighted by Crippen LogP contribution is 2.23. The van der Waals surface area contributed by atoms with Gasteiger partial charge < -0.3 is 15.5 Å². The summed E-state index contributed by atoms with van der Waals surface area (Å²) in [5, 5.41) is 0. The molecule has 1 aliphatic heterocycles. The van der Waals surface area contributed by atoms with Gasteiger partial charge in [0.05, 0.1) is 0 Å². The third-order valence-electron chi connectivity index (χ3n) is 3.33. The van der Waals surface area contributed by atoms with Crippen LogP contribution in [0.5, 0.6) is 0 Å². The van der Waals surface area contributed by atoms with Gasteiger partial charge in [-0.05, 0) is 33.0 Å². The first-order valence-corrected chi connectivity index (χ1v) is 6.32. The van der Waals surface area contributed by atoms with Crippen LogP contribution < -0.4 is 10.6 Å². The standard InChI is InChI=1S/C13H22N4/c1-11(14)12-5-3-6-15-13(12)17-8-4-7-16(2)9-10-17/h3,5-6,11H,4,7-10,14H2,1-2H3. The maximum absolute atomic E-state index is 6.01. The molecule has 2 rings (SSSR count). The summed E-state index contributed by atoms with van der Waals surface area (Å²) in [5.74, 6) is 1.07. The summed E-state index contributed by atoms with van der Waals surface area (Å²) in [7, 11) is 2.17. The lowest BCUT2D eigenvalue weighted by Gasteiger charge is -2.25. The number of anilines is 1. The first-order valence-electron chi connectivity index (χ1n) is 6.32. The summed E-state index contributed by atoms with van der Waals surface area (Å²) in [5.41, 5.74) is 7.16. The lowest BCUT2D eigenvalue weighted by atomic mass is 10.1. The van der Waals surface area contributed by atoms with Crippen molar-refractivity contribution in [1.29, 1.82) is 0 Å². The van der Waals surface area contributed by atoms with Crippen molar-refractivity contribution in [2.45, 2.75) is 19.4 Å². The predicted molar refractivity (Wildman–Crippen MR) is 71.2 cm³/mol. The molecule has 1 aromatic heterocycles. The number of nitrogens with zero attached hydrogens (tertiary/aromatic N) is 3. The van der Waals surface area contributed by atoms with E-state index in [9.17, 15) is 0 Å². The summed E-state index contributed by atoms with van der Waals surface area (Å²) in [6.07, 6.45) is 3.04. The van der Waals surface area contributed by atoms with Crippen molar-refractivity contribution in [1.82, 2.24) is 9.88 Å². The highest BCUT2D eigenvalue weighted by Gasteiger charge is 2.17. The molecule has 1 atom stereocenters. The highest BCUT2D eigenvalue weighted by atomic mass is 15.2. The zero-order valence-electron chi connectivity index (χ0n) is 10.8. The number of likely N-dealkylation sites (N-methyl/N-ethyl adjacent to an activating group) is 1. The minimum Gasteiger partial charge on any atom is -0.355 e. The van der Waals surface area contributed by atoms with E-state index in [0.29, 0.717) is 0 Å². The molecule has 0 spiro atoms. The third kappa shape index (κ3) is 2.96. The number of pyridine rings is 1. The number of rotatable bonds is 2. The molecule has 4 heteroatoms. The molecule has 94 valence electrons. The van der Waals surface area contributed by atoms with Crippen LogP contribution in [0.25, 0.3) is 0 Å². The highest BCUT2D eigenvalue weighted by molar-refractivity contribution is 5.48. The van der Waals surface area contributed by atoms with Gasteiger partial charge in [-0.15, -0.1) is 0 Å². The fourth-order valence-corrected chi connectivity index (χ4v) is 2.29. The Hall–Kier alpha value is -1.13.